The molecule has 1 aromatic heterocycles. The van der Waals surface area contributed by atoms with Gasteiger partial charge in [-0.15, -0.1) is 0 Å². The van der Waals surface area contributed by atoms with Gasteiger partial charge in [0.1, 0.15) is 16.8 Å². The Balaban J connectivity index is 2.29. The van der Waals surface area contributed by atoms with E-state index in [1.165, 1.54) is 0 Å². The molecule has 1 saturated heterocycles. The first-order valence-corrected chi connectivity index (χ1v) is 7.72. The second kappa shape index (κ2) is 5.86. The minimum atomic E-state index is -0.0860. The number of piperazine rings is 1. The van der Waals surface area contributed by atoms with Gasteiger partial charge in [-0.2, -0.15) is 0 Å². The van der Waals surface area contributed by atoms with Crippen LogP contribution in [0, 0.1) is 6.92 Å². The van der Waals surface area contributed by atoms with Crippen LogP contribution in [0.3, 0.4) is 0 Å². The largest absolute Gasteiger partial charge is 0.354 e. The normalized spacial score (nSPS) is 17.6. The maximum atomic E-state index is 6.31. The topological polar surface area (TPSA) is 32.3 Å². The monoisotopic (exact) mass is 296 g/mol. The highest BCUT2D eigenvalue weighted by Crippen LogP contribution is 2.28. The number of hydrogen-bond acceptors (Lipinski definition) is 4. The van der Waals surface area contributed by atoms with Gasteiger partial charge < -0.3 is 9.80 Å². The number of halogens is 1. The Bertz CT molecular complexity index is 473. The zero-order chi connectivity index (χ0) is 14.9. The molecule has 1 aliphatic rings. The minimum Gasteiger partial charge on any atom is -0.354 e. The van der Waals surface area contributed by atoms with Gasteiger partial charge in [0.05, 0.1) is 0 Å². The van der Waals surface area contributed by atoms with E-state index in [-0.39, 0.29) is 5.41 Å². The van der Waals surface area contributed by atoms with E-state index in [1.807, 2.05) is 6.92 Å². The van der Waals surface area contributed by atoms with Crippen molar-refractivity contribution in [2.45, 2.75) is 40.0 Å². The molecule has 112 valence electrons. The molecule has 0 radical (unpaired) electrons. The number of nitrogens with zero attached hydrogens (tertiary/aromatic N) is 4. The summed E-state index contributed by atoms with van der Waals surface area (Å²) in [6, 6.07) is 0. The molecule has 0 aliphatic carbocycles. The van der Waals surface area contributed by atoms with Crippen molar-refractivity contribution < 1.29 is 0 Å². The number of aromatic nitrogens is 2. The van der Waals surface area contributed by atoms with E-state index in [9.17, 15) is 0 Å². The van der Waals surface area contributed by atoms with Gasteiger partial charge in [-0.05, 0) is 13.5 Å². The lowest BCUT2D eigenvalue weighted by molar-refractivity contribution is 0.270. The second-order valence-corrected chi connectivity index (χ2v) is 6.82. The first-order valence-electron chi connectivity index (χ1n) is 7.35. The smallest absolute Gasteiger partial charge is 0.137 e. The molecule has 0 atom stereocenters. The third-order valence-corrected chi connectivity index (χ3v) is 4.22. The van der Waals surface area contributed by atoms with Crippen molar-refractivity contribution in [3.8, 4) is 0 Å². The Morgan fingerprint density at radius 2 is 1.70 bits per heavy atom. The van der Waals surface area contributed by atoms with Crippen LogP contribution in [0.15, 0.2) is 0 Å². The predicted octanol–water partition coefficient (Wildman–Crippen LogP) is 2.88. The lowest BCUT2D eigenvalue weighted by Crippen LogP contribution is -2.46. The van der Waals surface area contributed by atoms with Crippen molar-refractivity contribution in [3.63, 3.8) is 0 Å². The fraction of sp³-hybridized carbons (Fsp3) is 0.733. The molecular weight excluding hydrogens is 272 g/mol. The number of rotatable bonds is 2. The molecule has 0 aromatic carbocycles. The van der Waals surface area contributed by atoms with Crippen molar-refractivity contribution in [2.24, 2.45) is 0 Å². The minimum absolute atomic E-state index is 0.0860. The lowest BCUT2D eigenvalue weighted by Gasteiger charge is -2.36. The quantitative estimate of drug-likeness (QED) is 0.786. The summed E-state index contributed by atoms with van der Waals surface area (Å²) in [6.45, 7) is 15.9. The SMILES string of the molecule is CCN1CCN(c2nc(C(C)(C)C)nc(Cl)c2C)CC1. The molecule has 0 unspecified atom stereocenters. The van der Waals surface area contributed by atoms with Crippen molar-refractivity contribution in [3.05, 3.63) is 16.5 Å². The highest BCUT2D eigenvalue weighted by atomic mass is 35.5. The highest BCUT2D eigenvalue weighted by Gasteiger charge is 2.24. The lowest BCUT2D eigenvalue weighted by atomic mass is 9.95. The van der Waals surface area contributed by atoms with Crippen molar-refractivity contribution in [1.82, 2.24) is 14.9 Å². The standard InChI is InChI=1S/C15H25ClN4/c1-6-19-7-9-20(10-8-19)13-11(2)12(16)17-14(18-13)15(3,4)5/h6-10H2,1-5H3. The summed E-state index contributed by atoms with van der Waals surface area (Å²) >= 11 is 6.31. The van der Waals surface area contributed by atoms with Crippen LogP contribution >= 0.6 is 11.6 Å². The molecule has 4 nitrogen and oxygen atoms in total. The van der Waals surface area contributed by atoms with E-state index in [1.54, 1.807) is 0 Å². The average molecular weight is 297 g/mol. The van der Waals surface area contributed by atoms with Gasteiger partial charge in [0.2, 0.25) is 0 Å². The molecule has 0 spiro atoms. The van der Waals surface area contributed by atoms with E-state index in [0.717, 1.165) is 49.9 Å². The molecule has 1 aromatic rings. The van der Waals surface area contributed by atoms with Gasteiger partial charge >= 0.3 is 0 Å². The Labute approximate surface area is 127 Å². The molecule has 1 aliphatic heterocycles. The van der Waals surface area contributed by atoms with Gasteiger partial charge in [-0.3, -0.25) is 0 Å². The van der Waals surface area contributed by atoms with Crippen LogP contribution in [0.2, 0.25) is 5.15 Å². The molecular formula is C15H25ClN4. The van der Waals surface area contributed by atoms with Gasteiger partial charge in [-0.1, -0.05) is 39.3 Å². The summed E-state index contributed by atoms with van der Waals surface area (Å²) in [5.74, 6) is 1.83. The summed E-state index contributed by atoms with van der Waals surface area (Å²) in [6.07, 6.45) is 0. The van der Waals surface area contributed by atoms with Crippen molar-refractivity contribution in [2.75, 3.05) is 37.6 Å². The summed E-state index contributed by atoms with van der Waals surface area (Å²) < 4.78 is 0. The molecule has 0 saturated carbocycles. The molecule has 2 heterocycles. The first-order chi connectivity index (χ1) is 9.32. The average Bonchev–Trinajstić information content (AvgIpc) is 2.40. The van der Waals surface area contributed by atoms with E-state index in [0.29, 0.717) is 5.15 Å². The van der Waals surface area contributed by atoms with Crippen LogP contribution < -0.4 is 4.90 Å². The van der Waals surface area contributed by atoms with Crippen LogP contribution in [-0.2, 0) is 5.41 Å². The van der Waals surface area contributed by atoms with Crippen molar-refractivity contribution in [1.29, 1.82) is 0 Å². The van der Waals surface area contributed by atoms with E-state index in [4.69, 9.17) is 16.6 Å². The number of hydrogen-bond donors (Lipinski definition) is 0. The summed E-state index contributed by atoms with van der Waals surface area (Å²) in [7, 11) is 0. The Hall–Kier alpha value is -0.870. The van der Waals surface area contributed by atoms with Gasteiger partial charge in [-0.25, -0.2) is 9.97 Å². The first kappa shape index (κ1) is 15.5. The molecule has 2 rings (SSSR count). The Kier molecular flexibility index (Phi) is 4.55. The van der Waals surface area contributed by atoms with Crippen LogP contribution in [0.5, 0.6) is 0 Å². The Morgan fingerprint density at radius 3 is 2.20 bits per heavy atom. The molecule has 0 N–H and O–H groups in total. The van der Waals surface area contributed by atoms with Gasteiger partial charge in [0.25, 0.3) is 0 Å². The molecule has 5 heteroatoms. The van der Waals surface area contributed by atoms with E-state index in [2.05, 4.69) is 42.5 Å². The van der Waals surface area contributed by atoms with Crippen molar-refractivity contribution >= 4 is 17.4 Å². The zero-order valence-electron chi connectivity index (χ0n) is 13.2. The summed E-state index contributed by atoms with van der Waals surface area (Å²) in [5.41, 5.74) is 0.904. The van der Waals surface area contributed by atoms with Gasteiger partial charge in [0.15, 0.2) is 0 Å². The molecule has 0 amide bonds. The number of likely N-dealkylation sites (N-methyl/N-ethyl adjacent to an activating group) is 1. The van der Waals surface area contributed by atoms with Gasteiger partial charge in [0, 0.05) is 37.2 Å². The molecule has 20 heavy (non-hydrogen) atoms. The molecule has 0 bridgehead atoms. The van der Waals surface area contributed by atoms with Crippen LogP contribution in [0.1, 0.15) is 39.1 Å². The van der Waals surface area contributed by atoms with Crippen LogP contribution in [-0.4, -0.2) is 47.6 Å². The summed E-state index contributed by atoms with van der Waals surface area (Å²) in [4.78, 5) is 14.0. The zero-order valence-corrected chi connectivity index (χ0v) is 14.0. The highest BCUT2D eigenvalue weighted by molar-refractivity contribution is 6.30. The van der Waals surface area contributed by atoms with Crippen LogP contribution in [0.4, 0.5) is 5.82 Å². The fourth-order valence-electron chi connectivity index (χ4n) is 2.40. The van der Waals surface area contributed by atoms with E-state index >= 15 is 0 Å². The maximum absolute atomic E-state index is 6.31. The Morgan fingerprint density at radius 1 is 1.10 bits per heavy atom. The predicted molar refractivity (Wildman–Crippen MR) is 84.8 cm³/mol. The van der Waals surface area contributed by atoms with E-state index < -0.39 is 0 Å². The summed E-state index contributed by atoms with van der Waals surface area (Å²) in [5, 5.41) is 0.581. The fourth-order valence-corrected chi connectivity index (χ4v) is 2.56. The third kappa shape index (κ3) is 3.23. The maximum Gasteiger partial charge on any atom is 0.137 e. The second-order valence-electron chi connectivity index (χ2n) is 6.46. The van der Waals surface area contributed by atoms with Crippen LogP contribution in [0.25, 0.3) is 0 Å². The molecule has 1 fully saturated rings. The number of anilines is 1. The third-order valence-electron chi connectivity index (χ3n) is 3.85.